The minimum atomic E-state index is 0.635. The van der Waals surface area contributed by atoms with Crippen molar-refractivity contribution in [1.82, 2.24) is 9.27 Å². The van der Waals surface area contributed by atoms with E-state index in [0.29, 0.717) is 18.7 Å². The Hall–Kier alpha value is -1.16. The van der Waals surface area contributed by atoms with E-state index in [0.717, 1.165) is 23.8 Å². The van der Waals surface area contributed by atoms with Gasteiger partial charge in [0.15, 0.2) is 0 Å². The van der Waals surface area contributed by atoms with E-state index in [1.165, 1.54) is 11.5 Å². The number of aryl methyl sites for hydroxylation is 1. The van der Waals surface area contributed by atoms with E-state index < -0.39 is 0 Å². The van der Waals surface area contributed by atoms with Gasteiger partial charge in [-0.1, -0.05) is 0 Å². The Balaban J connectivity index is 2.21. The fraction of sp³-hybridized carbons (Fsp3) is 0.636. The lowest BCUT2D eigenvalue weighted by atomic mass is 10.3. The second kappa shape index (κ2) is 7.22. The van der Waals surface area contributed by atoms with Crippen molar-refractivity contribution in [1.29, 1.82) is 5.26 Å². The minimum absolute atomic E-state index is 0.635. The molecule has 0 unspecified atom stereocenters. The van der Waals surface area contributed by atoms with Crippen LogP contribution < -0.4 is 5.32 Å². The zero-order chi connectivity index (χ0) is 12.7. The van der Waals surface area contributed by atoms with Gasteiger partial charge in [-0.2, -0.15) is 9.64 Å². The summed E-state index contributed by atoms with van der Waals surface area (Å²) in [7, 11) is 4.03. The average Bonchev–Trinajstić information content (AvgIpc) is 2.63. The van der Waals surface area contributed by atoms with Crippen molar-refractivity contribution in [2.24, 2.45) is 0 Å². The molecule has 0 aliphatic rings. The fourth-order valence-corrected chi connectivity index (χ4v) is 1.98. The van der Waals surface area contributed by atoms with Gasteiger partial charge in [0.25, 0.3) is 0 Å². The smallest absolute Gasteiger partial charge is 0.127 e. The van der Waals surface area contributed by atoms with Crippen LogP contribution in [-0.4, -0.2) is 49.7 Å². The van der Waals surface area contributed by atoms with Crippen LogP contribution in [0.25, 0.3) is 0 Å². The Labute approximate surface area is 106 Å². The molecule has 0 bridgehead atoms. The molecule has 1 N–H and O–H groups in total. The van der Waals surface area contributed by atoms with E-state index in [1.807, 2.05) is 21.0 Å². The van der Waals surface area contributed by atoms with Gasteiger partial charge >= 0.3 is 0 Å². The molecule has 1 rings (SSSR count). The first kappa shape index (κ1) is 13.9. The number of nitrogens with zero attached hydrogens (tertiary/aromatic N) is 3. The molecule has 0 saturated carbocycles. The fourth-order valence-electron chi connectivity index (χ4n) is 1.21. The van der Waals surface area contributed by atoms with E-state index in [2.05, 4.69) is 20.7 Å². The molecule has 0 fully saturated rings. The number of nitriles is 1. The van der Waals surface area contributed by atoms with Gasteiger partial charge in [0.2, 0.25) is 0 Å². The molecule has 0 aliphatic carbocycles. The number of nitrogens with one attached hydrogen (secondary N) is 1. The van der Waals surface area contributed by atoms with Crippen LogP contribution in [0.5, 0.6) is 0 Å². The number of ether oxygens (including phenoxy) is 1. The summed E-state index contributed by atoms with van der Waals surface area (Å²) < 4.78 is 9.58. The third-order valence-corrected chi connectivity index (χ3v) is 3.09. The Kier molecular flexibility index (Phi) is 5.91. The number of likely N-dealkylation sites (N-methyl/N-ethyl adjacent to an activating group) is 1. The van der Waals surface area contributed by atoms with E-state index in [4.69, 9.17) is 10.00 Å². The molecule has 94 valence electrons. The lowest BCUT2D eigenvalue weighted by Crippen LogP contribution is -2.20. The van der Waals surface area contributed by atoms with Crippen LogP contribution in [0.3, 0.4) is 0 Å². The first-order valence-corrected chi connectivity index (χ1v) is 6.25. The predicted molar refractivity (Wildman–Crippen MR) is 69.4 cm³/mol. The summed E-state index contributed by atoms with van der Waals surface area (Å²) in [6, 6.07) is 2.15. The van der Waals surface area contributed by atoms with Gasteiger partial charge in [-0.3, -0.25) is 0 Å². The molecule has 0 aliphatic heterocycles. The van der Waals surface area contributed by atoms with E-state index >= 15 is 0 Å². The third kappa shape index (κ3) is 4.69. The number of rotatable bonds is 7. The summed E-state index contributed by atoms with van der Waals surface area (Å²) in [5, 5.41) is 12.9. The molecule has 1 aromatic heterocycles. The van der Waals surface area contributed by atoms with Crippen LogP contribution in [0.2, 0.25) is 0 Å². The maximum Gasteiger partial charge on any atom is 0.127 e. The van der Waals surface area contributed by atoms with E-state index in [1.54, 1.807) is 0 Å². The average molecular weight is 254 g/mol. The number of hydrogen-bond donors (Lipinski definition) is 1. The summed E-state index contributed by atoms with van der Waals surface area (Å²) in [5.74, 6) is 0. The van der Waals surface area contributed by atoms with Crippen molar-refractivity contribution in [2.75, 3.05) is 45.7 Å². The Bertz CT molecular complexity index is 383. The van der Waals surface area contributed by atoms with Gasteiger partial charge < -0.3 is 15.0 Å². The maximum absolute atomic E-state index is 8.93. The van der Waals surface area contributed by atoms with Gasteiger partial charge in [-0.05, 0) is 32.6 Å². The predicted octanol–water partition coefficient (Wildman–Crippen LogP) is 1.31. The maximum atomic E-state index is 8.93. The normalized spacial score (nSPS) is 10.5. The van der Waals surface area contributed by atoms with Gasteiger partial charge in [-0.25, -0.2) is 0 Å². The summed E-state index contributed by atoms with van der Waals surface area (Å²) in [6.45, 7) is 4.82. The number of anilines is 1. The standard InChI is InChI=1S/C11H18N4OS/c1-9-10(8-12)11(17-14-9)13-4-6-16-7-5-15(2)3/h13H,4-7H2,1-3H3. The molecule has 0 aromatic carbocycles. The largest absolute Gasteiger partial charge is 0.378 e. The first-order valence-electron chi connectivity index (χ1n) is 5.48. The van der Waals surface area contributed by atoms with Crippen molar-refractivity contribution in [3.63, 3.8) is 0 Å². The lowest BCUT2D eigenvalue weighted by molar-refractivity contribution is 0.126. The molecule has 0 atom stereocenters. The molecule has 5 nitrogen and oxygen atoms in total. The molecule has 1 heterocycles. The highest BCUT2D eigenvalue weighted by atomic mass is 32.1. The summed E-state index contributed by atoms with van der Waals surface area (Å²) in [4.78, 5) is 2.08. The Morgan fingerprint density at radius 2 is 2.24 bits per heavy atom. The SMILES string of the molecule is Cc1nsc(NCCOCCN(C)C)c1C#N. The van der Waals surface area contributed by atoms with Crippen molar-refractivity contribution in [3.05, 3.63) is 11.3 Å². The van der Waals surface area contributed by atoms with Crippen molar-refractivity contribution in [3.8, 4) is 6.07 Å². The highest BCUT2D eigenvalue weighted by Crippen LogP contribution is 2.22. The highest BCUT2D eigenvalue weighted by molar-refractivity contribution is 7.10. The minimum Gasteiger partial charge on any atom is -0.378 e. The van der Waals surface area contributed by atoms with Gasteiger partial charge in [0.05, 0.1) is 18.9 Å². The van der Waals surface area contributed by atoms with Crippen molar-refractivity contribution < 1.29 is 4.74 Å². The topological polar surface area (TPSA) is 61.2 Å². The van der Waals surface area contributed by atoms with Crippen LogP contribution in [0.1, 0.15) is 11.3 Å². The molecular formula is C11H18N4OS. The molecule has 1 aromatic rings. The lowest BCUT2D eigenvalue weighted by Gasteiger charge is -2.10. The highest BCUT2D eigenvalue weighted by Gasteiger charge is 2.08. The molecule has 0 amide bonds. The number of aromatic nitrogens is 1. The zero-order valence-electron chi connectivity index (χ0n) is 10.5. The molecule has 0 saturated heterocycles. The van der Waals surface area contributed by atoms with Crippen LogP contribution in [0.4, 0.5) is 5.00 Å². The third-order valence-electron chi connectivity index (χ3n) is 2.19. The Morgan fingerprint density at radius 1 is 1.47 bits per heavy atom. The summed E-state index contributed by atoms with van der Waals surface area (Å²) in [6.07, 6.45) is 0. The molecule has 0 radical (unpaired) electrons. The molecule has 6 heteroatoms. The van der Waals surface area contributed by atoms with Crippen molar-refractivity contribution >= 4 is 16.5 Å². The van der Waals surface area contributed by atoms with Crippen LogP contribution in [0.15, 0.2) is 0 Å². The van der Waals surface area contributed by atoms with Gasteiger partial charge in [0.1, 0.15) is 16.6 Å². The van der Waals surface area contributed by atoms with Crippen molar-refractivity contribution in [2.45, 2.75) is 6.92 Å². The van der Waals surface area contributed by atoms with E-state index in [9.17, 15) is 0 Å². The van der Waals surface area contributed by atoms with Crippen LogP contribution in [0, 0.1) is 18.3 Å². The summed E-state index contributed by atoms with van der Waals surface area (Å²) in [5.41, 5.74) is 1.43. The second-order valence-corrected chi connectivity index (χ2v) is 4.70. The van der Waals surface area contributed by atoms with Gasteiger partial charge in [-0.15, -0.1) is 0 Å². The van der Waals surface area contributed by atoms with Crippen LogP contribution in [-0.2, 0) is 4.74 Å². The van der Waals surface area contributed by atoms with Gasteiger partial charge in [0, 0.05) is 13.1 Å². The molecule has 17 heavy (non-hydrogen) atoms. The molecule has 0 spiro atoms. The summed E-state index contributed by atoms with van der Waals surface area (Å²) >= 11 is 1.32. The molecular weight excluding hydrogens is 236 g/mol. The Morgan fingerprint density at radius 3 is 2.88 bits per heavy atom. The monoisotopic (exact) mass is 254 g/mol. The zero-order valence-corrected chi connectivity index (χ0v) is 11.3. The first-order chi connectivity index (χ1) is 8.15. The second-order valence-electron chi connectivity index (χ2n) is 3.93. The van der Waals surface area contributed by atoms with Crippen LogP contribution >= 0.6 is 11.5 Å². The van der Waals surface area contributed by atoms with E-state index in [-0.39, 0.29) is 0 Å². The number of hydrogen-bond acceptors (Lipinski definition) is 6. The quantitative estimate of drug-likeness (QED) is 0.743.